The Morgan fingerprint density at radius 2 is 2.06 bits per heavy atom. The normalized spacial score (nSPS) is 10.9. The van der Waals surface area contributed by atoms with Gasteiger partial charge in [0.15, 0.2) is 5.16 Å². The van der Waals surface area contributed by atoms with Crippen LogP contribution >= 0.6 is 34.7 Å². The van der Waals surface area contributed by atoms with Gasteiger partial charge in [0.05, 0.1) is 36.0 Å². The standard InChI is InChI=1S/C22H18ClN3O3S2/c1-29-19-7-3-2-6-18(19)26-21(28)16-9-8-14(23)11-17(16)25-22(26)31-13-20(27)24-12-15-5-4-10-30-15/h2-11H,12-13H2,1H3,(H,24,27). The third-order valence-corrected chi connectivity index (χ3v) is 6.55. The Morgan fingerprint density at radius 1 is 1.23 bits per heavy atom. The number of hydrogen-bond donors (Lipinski definition) is 1. The Labute approximate surface area is 191 Å². The molecule has 0 atom stereocenters. The number of hydrogen-bond acceptors (Lipinski definition) is 6. The van der Waals surface area contributed by atoms with Crippen LogP contribution in [0.3, 0.4) is 0 Å². The Morgan fingerprint density at radius 3 is 2.84 bits per heavy atom. The highest BCUT2D eigenvalue weighted by Gasteiger charge is 2.17. The number of methoxy groups -OCH3 is 1. The van der Waals surface area contributed by atoms with Gasteiger partial charge in [-0.25, -0.2) is 4.98 Å². The maximum Gasteiger partial charge on any atom is 0.266 e. The van der Waals surface area contributed by atoms with Gasteiger partial charge in [-0.05, 0) is 41.8 Å². The van der Waals surface area contributed by atoms with E-state index in [9.17, 15) is 9.59 Å². The van der Waals surface area contributed by atoms with Crippen LogP contribution in [0.4, 0.5) is 0 Å². The quantitative estimate of drug-likeness (QED) is 0.317. The summed E-state index contributed by atoms with van der Waals surface area (Å²) in [5.41, 5.74) is 0.777. The van der Waals surface area contributed by atoms with Gasteiger partial charge in [-0.3, -0.25) is 14.2 Å². The third kappa shape index (κ3) is 4.76. The summed E-state index contributed by atoms with van der Waals surface area (Å²) in [7, 11) is 1.54. The number of nitrogens with one attached hydrogen (secondary N) is 1. The molecule has 9 heteroatoms. The molecule has 1 N–H and O–H groups in total. The second-order valence-corrected chi connectivity index (χ2v) is 8.92. The minimum absolute atomic E-state index is 0.110. The van der Waals surface area contributed by atoms with Gasteiger partial charge < -0.3 is 10.1 Å². The van der Waals surface area contributed by atoms with Gasteiger partial charge in [-0.2, -0.15) is 0 Å². The van der Waals surface area contributed by atoms with E-state index in [2.05, 4.69) is 10.3 Å². The highest BCUT2D eigenvalue weighted by atomic mass is 35.5. The van der Waals surface area contributed by atoms with E-state index in [-0.39, 0.29) is 17.2 Å². The number of carbonyl (C=O) groups is 1. The molecule has 4 rings (SSSR count). The van der Waals surface area contributed by atoms with Crippen molar-refractivity contribution in [2.45, 2.75) is 11.7 Å². The fraction of sp³-hybridized carbons (Fsp3) is 0.136. The molecule has 0 aliphatic rings. The number of nitrogens with zero attached hydrogens (tertiary/aromatic N) is 2. The van der Waals surface area contributed by atoms with Gasteiger partial charge in [0, 0.05) is 9.90 Å². The lowest BCUT2D eigenvalue weighted by atomic mass is 10.2. The lowest BCUT2D eigenvalue weighted by molar-refractivity contribution is -0.118. The predicted octanol–water partition coefficient (Wildman–Crippen LogP) is 4.52. The maximum atomic E-state index is 13.4. The van der Waals surface area contributed by atoms with Crippen molar-refractivity contribution in [3.8, 4) is 11.4 Å². The smallest absolute Gasteiger partial charge is 0.266 e. The molecule has 0 saturated heterocycles. The van der Waals surface area contributed by atoms with E-state index in [0.717, 1.165) is 4.88 Å². The number of carbonyl (C=O) groups excluding carboxylic acids is 1. The Balaban J connectivity index is 1.70. The number of benzene rings is 2. The van der Waals surface area contributed by atoms with Crippen molar-refractivity contribution in [1.29, 1.82) is 0 Å². The summed E-state index contributed by atoms with van der Waals surface area (Å²) in [6.45, 7) is 0.469. The molecule has 158 valence electrons. The zero-order chi connectivity index (χ0) is 21.8. The molecular weight excluding hydrogens is 454 g/mol. The number of para-hydroxylation sites is 2. The van der Waals surface area contributed by atoms with Crippen molar-refractivity contribution in [3.63, 3.8) is 0 Å². The van der Waals surface area contributed by atoms with Gasteiger partial charge in [0.1, 0.15) is 5.75 Å². The number of amides is 1. The van der Waals surface area contributed by atoms with E-state index in [1.54, 1.807) is 48.8 Å². The molecule has 2 aromatic heterocycles. The molecule has 1 amide bonds. The number of ether oxygens (including phenoxy) is 1. The largest absolute Gasteiger partial charge is 0.495 e. The molecular formula is C22H18ClN3O3S2. The van der Waals surface area contributed by atoms with Crippen LogP contribution in [0, 0.1) is 0 Å². The van der Waals surface area contributed by atoms with E-state index in [0.29, 0.717) is 39.1 Å². The molecule has 0 spiro atoms. The molecule has 31 heavy (non-hydrogen) atoms. The average Bonchev–Trinajstić information content (AvgIpc) is 3.30. The number of thioether (sulfide) groups is 1. The van der Waals surface area contributed by atoms with Crippen molar-refractivity contribution in [3.05, 3.63) is 80.2 Å². The third-order valence-electron chi connectivity index (χ3n) is 4.50. The van der Waals surface area contributed by atoms with Gasteiger partial charge in [-0.15, -0.1) is 11.3 Å². The first-order valence-electron chi connectivity index (χ1n) is 9.34. The lowest BCUT2D eigenvalue weighted by Gasteiger charge is -2.15. The highest BCUT2D eigenvalue weighted by molar-refractivity contribution is 7.99. The average molecular weight is 472 g/mol. The van der Waals surface area contributed by atoms with Gasteiger partial charge in [-0.1, -0.05) is 41.6 Å². The van der Waals surface area contributed by atoms with Gasteiger partial charge in [0.2, 0.25) is 5.91 Å². The topological polar surface area (TPSA) is 73.2 Å². The zero-order valence-electron chi connectivity index (χ0n) is 16.5. The van der Waals surface area contributed by atoms with Crippen LogP contribution in [0.5, 0.6) is 5.75 Å². The zero-order valence-corrected chi connectivity index (χ0v) is 18.9. The predicted molar refractivity (Wildman–Crippen MR) is 126 cm³/mol. The van der Waals surface area contributed by atoms with Crippen molar-refractivity contribution in [1.82, 2.24) is 14.9 Å². The molecule has 2 heterocycles. The SMILES string of the molecule is COc1ccccc1-n1c(SCC(=O)NCc2cccs2)nc2cc(Cl)ccc2c1=O. The highest BCUT2D eigenvalue weighted by Crippen LogP contribution is 2.27. The number of halogens is 1. The molecule has 0 bridgehead atoms. The van der Waals surface area contributed by atoms with E-state index in [4.69, 9.17) is 16.3 Å². The van der Waals surface area contributed by atoms with E-state index in [1.165, 1.54) is 16.3 Å². The molecule has 0 aliphatic heterocycles. The minimum atomic E-state index is -0.257. The van der Waals surface area contributed by atoms with Crippen molar-refractivity contribution < 1.29 is 9.53 Å². The van der Waals surface area contributed by atoms with Crippen LogP contribution < -0.4 is 15.6 Å². The number of rotatable bonds is 7. The minimum Gasteiger partial charge on any atom is -0.495 e. The van der Waals surface area contributed by atoms with Crippen molar-refractivity contribution in [2.24, 2.45) is 0 Å². The Kier molecular flexibility index (Phi) is 6.60. The summed E-state index contributed by atoms with van der Waals surface area (Å²) >= 11 is 8.87. The van der Waals surface area contributed by atoms with Crippen LogP contribution in [-0.2, 0) is 11.3 Å². The van der Waals surface area contributed by atoms with Gasteiger partial charge in [0.25, 0.3) is 5.56 Å². The monoisotopic (exact) mass is 471 g/mol. The summed E-state index contributed by atoms with van der Waals surface area (Å²) in [5.74, 6) is 0.494. The summed E-state index contributed by atoms with van der Waals surface area (Å²) in [6.07, 6.45) is 0. The molecule has 0 fully saturated rings. The van der Waals surface area contributed by atoms with Crippen LogP contribution in [0.1, 0.15) is 4.88 Å². The van der Waals surface area contributed by atoms with E-state index >= 15 is 0 Å². The summed E-state index contributed by atoms with van der Waals surface area (Å²) in [6, 6.07) is 16.1. The first-order valence-corrected chi connectivity index (χ1v) is 11.6. The molecule has 0 aliphatic carbocycles. The summed E-state index contributed by atoms with van der Waals surface area (Å²) in [4.78, 5) is 31.5. The molecule has 6 nitrogen and oxygen atoms in total. The van der Waals surface area contributed by atoms with Crippen LogP contribution in [-0.4, -0.2) is 28.3 Å². The van der Waals surface area contributed by atoms with Crippen LogP contribution in [0.15, 0.2) is 69.9 Å². The molecule has 0 unspecified atom stereocenters. The van der Waals surface area contributed by atoms with Crippen LogP contribution in [0.2, 0.25) is 5.02 Å². The molecule has 2 aromatic carbocycles. The van der Waals surface area contributed by atoms with E-state index in [1.807, 2.05) is 29.6 Å². The summed E-state index contributed by atoms with van der Waals surface area (Å²) < 4.78 is 6.93. The van der Waals surface area contributed by atoms with E-state index < -0.39 is 0 Å². The lowest BCUT2D eigenvalue weighted by Crippen LogP contribution is -2.26. The molecule has 0 saturated carbocycles. The number of aromatic nitrogens is 2. The number of thiophene rings is 1. The second kappa shape index (κ2) is 9.55. The van der Waals surface area contributed by atoms with Crippen LogP contribution in [0.25, 0.3) is 16.6 Å². The fourth-order valence-electron chi connectivity index (χ4n) is 3.04. The summed E-state index contributed by atoms with van der Waals surface area (Å²) in [5, 5.41) is 6.15. The Bertz CT molecular complexity index is 1290. The molecule has 0 radical (unpaired) electrons. The fourth-order valence-corrected chi connectivity index (χ4v) is 4.69. The first kappa shape index (κ1) is 21.4. The molecule has 4 aromatic rings. The number of fused-ring (bicyclic) bond motifs is 1. The van der Waals surface area contributed by atoms with Gasteiger partial charge >= 0.3 is 0 Å². The van der Waals surface area contributed by atoms with Crippen molar-refractivity contribution in [2.75, 3.05) is 12.9 Å². The Hall–Kier alpha value is -2.81. The maximum absolute atomic E-state index is 13.4. The first-order chi connectivity index (χ1) is 15.1. The second-order valence-electron chi connectivity index (χ2n) is 6.51. The van der Waals surface area contributed by atoms with Crippen molar-refractivity contribution >= 4 is 51.5 Å².